The van der Waals surface area contributed by atoms with Gasteiger partial charge in [0.1, 0.15) is 11.5 Å². The van der Waals surface area contributed by atoms with Crippen LogP contribution in [0.5, 0.6) is 11.5 Å². The number of hydrogen-bond donors (Lipinski definition) is 0. The fourth-order valence-corrected chi connectivity index (χ4v) is 2.83. The van der Waals surface area contributed by atoms with E-state index in [1.54, 1.807) is 12.1 Å². The number of fused-ring (bicyclic) bond motifs is 1. The first-order valence-electron chi connectivity index (χ1n) is 8.14. The fourth-order valence-electron chi connectivity index (χ4n) is 2.83. The van der Waals surface area contributed by atoms with E-state index >= 15 is 0 Å². The summed E-state index contributed by atoms with van der Waals surface area (Å²) in [5.41, 5.74) is 0.209. The zero-order valence-electron chi connectivity index (χ0n) is 14.3. The van der Waals surface area contributed by atoms with Gasteiger partial charge in [0.15, 0.2) is 11.6 Å². The fraction of sp³-hybridized carbons (Fsp3) is 0.421. The molecule has 1 aromatic carbocycles. The van der Waals surface area contributed by atoms with Gasteiger partial charge in [-0.3, -0.25) is 14.4 Å². The molecule has 0 bridgehead atoms. The minimum Gasteiger partial charge on any atom is -0.496 e. The van der Waals surface area contributed by atoms with Crippen LogP contribution in [0.2, 0.25) is 0 Å². The van der Waals surface area contributed by atoms with Crippen molar-refractivity contribution in [2.45, 2.75) is 39.0 Å². The van der Waals surface area contributed by atoms with E-state index in [0.29, 0.717) is 12.2 Å². The molecular weight excluding hydrogens is 308 g/mol. The van der Waals surface area contributed by atoms with E-state index in [0.717, 1.165) is 25.3 Å². The van der Waals surface area contributed by atoms with Crippen LogP contribution in [0.4, 0.5) is 0 Å². The van der Waals surface area contributed by atoms with Crippen molar-refractivity contribution in [2.24, 2.45) is 0 Å². The molecule has 0 saturated heterocycles. The number of rotatable bonds is 8. The highest BCUT2D eigenvalue weighted by Crippen LogP contribution is 2.36. The van der Waals surface area contributed by atoms with E-state index in [9.17, 15) is 14.4 Å². The summed E-state index contributed by atoms with van der Waals surface area (Å²) in [6, 6.07) is 3.14. The second-order valence-electron chi connectivity index (χ2n) is 5.71. The minimum atomic E-state index is -0.471. The first-order chi connectivity index (χ1) is 11.5. The van der Waals surface area contributed by atoms with Crippen molar-refractivity contribution >= 4 is 17.3 Å². The van der Waals surface area contributed by atoms with Crippen LogP contribution >= 0.6 is 0 Å². The number of carbonyl (C=O) groups is 3. The Morgan fingerprint density at radius 3 is 2.17 bits per heavy atom. The maximum absolute atomic E-state index is 12.8. The Morgan fingerprint density at radius 1 is 0.958 bits per heavy atom. The quantitative estimate of drug-likeness (QED) is 0.538. The first-order valence-corrected chi connectivity index (χ1v) is 8.14. The second-order valence-corrected chi connectivity index (χ2v) is 5.71. The Morgan fingerprint density at radius 2 is 1.58 bits per heavy atom. The predicted octanol–water partition coefficient (Wildman–Crippen LogP) is 3.55. The number of allylic oxidation sites excluding steroid dienone is 2. The zero-order chi connectivity index (χ0) is 17.7. The average molecular weight is 330 g/mol. The molecule has 0 aromatic heterocycles. The van der Waals surface area contributed by atoms with E-state index in [1.807, 2.05) is 0 Å². The van der Waals surface area contributed by atoms with Gasteiger partial charge in [0.2, 0.25) is 5.78 Å². The molecule has 0 radical (unpaired) electrons. The highest BCUT2D eigenvalue weighted by atomic mass is 16.5. The number of ketones is 3. The van der Waals surface area contributed by atoms with Crippen molar-refractivity contribution in [3.63, 3.8) is 0 Å². The van der Waals surface area contributed by atoms with Crippen LogP contribution in [0.1, 0.15) is 59.7 Å². The monoisotopic (exact) mass is 330 g/mol. The summed E-state index contributed by atoms with van der Waals surface area (Å²) in [6.07, 6.45) is 5.17. The summed E-state index contributed by atoms with van der Waals surface area (Å²) in [6.45, 7) is 2.09. The molecule has 24 heavy (non-hydrogen) atoms. The molecular formula is C19H22O5. The summed E-state index contributed by atoms with van der Waals surface area (Å²) in [5.74, 6) is -0.596. The van der Waals surface area contributed by atoms with E-state index in [2.05, 4.69) is 6.92 Å². The maximum atomic E-state index is 12.8. The largest absolute Gasteiger partial charge is 0.496 e. The Bertz CT molecular complexity index is 700. The van der Waals surface area contributed by atoms with Crippen molar-refractivity contribution in [1.82, 2.24) is 0 Å². The average Bonchev–Trinajstić information content (AvgIpc) is 2.60. The number of Topliss-reactive ketones (excluding diaryl/α,β-unsaturated/α-hetero) is 2. The molecule has 0 saturated carbocycles. The molecule has 5 nitrogen and oxygen atoms in total. The van der Waals surface area contributed by atoms with Gasteiger partial charge in [-0.25, -0.2) is 0 Å². The van der Waals surface area contributed by atoms with Gasteiger partial charge in [-0.05, 0) is 18.6 Å². The number of methoxy groups -OCH3 is 2. The van der Waals surface area contributed by atoms with Gasteiger partial charge >= 0.3 is 0 Å². The van der Waals surface area contributed by atoms with Crippen LogP contribution in [0, 0.1) is 0 Å². The molecule has 0 fully saturated rings. The van der Waals surface area contributed by atoms with E-state index in [1.165, 1.54) is 14.2 Å². The molecule has 0 atom stereocenters. The highest BCUT2D eigenvalue weighted by Gasteiger charge is 2.34. The molecule has 2 rings (SSSR count). The van der Waals surface area contributed by atoms with Crippen LogP contribution in [0.3, 0.4) is 0 Å². The molecule has 5 heteroatoms. The molecule has 0 N–H and O–H groups in total. The lowest BCUT2D eigenvalue weighted by Gasteiger charge is -2.19. The van der Waals surface area contributed by atoms with Gasteiger partial charge in [0.25, 0.3) is 0 Å². The van der Waals surface area contributed by atoms with Gasteiger partial charge in [0.05, 0.1) is 30.9 Å². The SMILES string of the molecule is CCCCCCC(=O)C1=CC(=O)c2c(OC)ccc(OC)c2C1=O. The molecule has 0 aliphatic heterocycles. The molecule has 0 spiro atoms. The lowest BCUT2D eigenvalue weighted by molar-refractivity contribution is -0.115. The van der Waals surface area contributed by atoms with Crippen LogP contribution in [0.25, 0.3) is 0 Å². The summed E-state index contributed by atoms with van der Waals surface area (Å²) in [4.78, 5) is 37.6. The highest BCUT2D eigenvalue weighted by molar-refractivity contribution is 6.36. The summed E-state index contributed by atoms with van der Waals surface area (Å²) in [7, 11) is 2.85. The second kappa shape index (κ2) is 7.90. The van der Waals surface area contributed by atoms with Crippen molar-refractivity contribution in [3.05, 3.63) is 34.9 Å². The lowest BCUT2D eigenvalue weighted by Crippen LogP contribution is -2.23. The third-order valence-electron chi connectivity index (χ3n) is 4.12. The van der Waals surface area contributed by atoms with Gasteiger partial charge in [-0.15, -0.1) is 0 Å². The van der Waals surface area contributed by atoms with Gasteiger partial charge in [0, 0.05) is 12.5 Å². The smallest absolute Gasteiger partial charge is 0.201 e. The van der Waals surface area contributed by atoms with E-state index < -0.39 is 11.6 Å². The Hall–Kier alpha value is -2.43. The Labute approximate surface area is 141 Å². The summed E-state index contributed by atoms with van der Waals surface area (Å²) < 4.78 is 10.4. The van der Waals surface area contributed by atoms with Gasteiger partial charge in [-0.2, -0.15) is 0 Å². The molecule has 0 amide bonds. The number of benzene rings is 1. The van der Waals surface area contributed by atoms with Crippen LogP contribution in [-0.4, -0.2) is 31.6 Å². The topological polar surface area (TPSA) is 69.7 Å². The molecule has 1 aromatic rings. The normalized spacial score (nSPS) is 13.4. The Balaban J connectivity index is 2.34. The van der Waals surface area contributed by atoms with E-state index in [4.69, 9.17) is 9.47 Å². The minimum absolute atomic E-state index is 0.0597. The van der Waals surface area contributed by atoms with Gasteiger partial charge in [-0.1, -0.05) is 26.2 Å². The number of unbranched alkanes of at least 4 members (excludes halogenated alkanes) is 3. The van der Waals surface area contributed by atoms with Gasteiger partial charge < -0.3 is 9.47 Å². The van der Waals surface area contributed by atoms with Crippen LogP contribution in [0.15, 0.2) is 23.8 Å². The molecule has 1 aliphatic carbocycles. The number of hydrogen-bond acceptors (Lipinski definition) is 5. The van der Waals surface area contributed by atoms with E-state index in [-0.39, 0.29) is 34.7 Å². The predicted molar refractivity (Wildman–Crippen MR) is 90.1 cm³/mol. The molecule has 128 valence electrons. The molecule has 0 unspecified atom stereocenters. The van der Waals surface area contributed by atoms with Crippen LogP contribution < -0.4 is 9.47 Å². The zero-order valence-corrected chi connectivity index (χ0v) is 14.3. The van der Waals surface area contributed by atoms with Crippen molar-refractivity contribution < 1.29 is 23.9 Å². The Kier molecular flexibility index (Phi) is 5.90. The standard InChI is InChI=1S/C19H22O5/c1-4-5-6-7-8-13(20)12-11-14(21)17-15(23-2)9-10-16(24-3)18(17)19(12)22/h9-11H,4-8H2,1-3H3. The van der Waals surface area contributed by atoms with Crippen molar-refractivity contribution in [3.8, 4) is 11.5 Å². The number of carbonyl (C=O) groups excluding carboxylic acids is 3. The number of ether oxygens (including phenoxy) is 2. The third-order valence-corrected chi connectivity index (χ3v) is 4.12. The summed E-state index contributed by atoms with van der Waals surface area (Å²) in [5, 5.41) is 0. The lowest BCUT2D eigenvalue weighted by atomic mass is 9.85. The van der Waals surface area contributed by atoms with Crippen LogP contribution in [-0.2, 0) is 4.79 Å². The van der Waals surface area contributed by atoms with Crippen molar-refractivity contribution in [2.75, 3.05) is 14.2 Å². The first kappa shape index (κ1) is 17.9. The maximum Gasteiger partial charge on any atom is 0.201 e. The van der Waals surface area contributed by atoms with Crippen molar-refractivity contribution in [1.29, 1.82) is 0 Å². The molecule has 0 heterocycles. The summed E-state index contributed by atoms with van der Waals surface area (Å²) >= 11 is 0. The molecule has 1 aliphatic rings. The third kappa shape index (κ3) is 3.40.